The molecule has 2 aromatic carbocycles. The molecule has 1 N–H and O–H groups in total. The van der Waals surface area contributed by atoms with Crippen molar-refractivity contribution in [2.75, 3.05) is 5.32 Å². The number of carbonyl (C=O) groups excluding carboxylic acids is 1. The Balaban J connectivity index is 1.72. The van der Waals surface area contributed by atoms with Crippen molar-refractivity contribution in [1.29, 1.82) is 0 Å². The number of nitrogens with one attached hydrogen (secondary N) is 1. The van der Waals surface area contributed by atoms with Gasteiger partial charge in [-0.2, -0.15) is 0 Å². The Morgan fingerprint density at radius 1 is 1.17 bits per heavy atom. The van der Waals surface area contributed by atoms with Crippen molar-refractivity contribution in [3.05, 3.63) is 70.0 Å². The highest BCUT2D eigenvalue weighted by Crippen LogP contribution is 2.21. The molecule has 1 heterocycles. The lowest BCUT2D eigenvalue weighted by Crippen LogP contribution is -2.30. The van der Waals surface area contributed by atoms with Gasteiger partial charge in [-0.05, 0) is 43.3 Å². The van der Waals surface area contributed by atoms with Gasteiger partial charge < -0.3 is 14.5 Å². The number of hydrogen-bond acceptors (Lipinski definition) is 4. The molecule has 0 aliphatic carbocycles. The number of fused-ring (bicyclic) bond motifs is 1. The van der Waals surface area contributed by atoms with Crippen LogP contribution in [0.15, 0.2) is 63.8 Å². The summed E-state index contributed by atoms with van der Waals surface area (Å²) in [5.41, 5.74) is 0.557. The fourth-order valence-corrected chi connectivity index (χ4v) is 2.37. The van der Waals surface area contributed by atoms with Crippen LogP contribution >= 0.6 is 11.6 Å². The van der Waals surface area contributed by atoms with E-state index in [9.17, 15) is 9.59 Å². The van der Waals surface area contributed by atoms with Crippen molar-refractivity contribution in [3.8, 4) is 5.75 Å². The molecule has 0 unspecified atom stereocenters. The zero-order valence-corrected chi connectivity index (χ0v) is 13.5. The number of anilines is 1. The molecule has 1 atom stereocenters. The van der Waals surface area contributed by atoms with Crippen molar-refractivity contribution in [3.63, 3.8) is 0 Å². The highest BCUT2D eigenvalue weighted by Gasteiger charge is 2.15. The quantitative estimate of drug-likeness (QED) is 0.730. The summed E-state index contributed by atoms with van der Waals surface area (Å²) in [7, 11) is 0. The van der Waals surface area contributed by atoms with Gasteiger partial charge in [0.05, 0.1) is 0 Å². The maximum Gasteiger partial charge on any atom is 0.336 e. The minimum atomic E-state index is -0.739. The van der Waals surface area contributed by atoms with E-state index in [-0.39, 0.29) is 5.91 Å². The van der Waals surface area contributed by atoms with Gasteiger partial charge in [0.15, 0.2) is 6.10 Å². The fourth-order valence-electron chi connectivity index (χ4n) is 2.18. The second-order valence-electron chi connectivity index (χ2n) is 5.21. The molecule has 0 radical (unpaired) electrons. The number of hydrogen-bond donors (Lipinski definition) is 1. The van der Waals surface area contributed by atoms with Crippen molar-refractivity contribution in [2.45, 2.75) is 13.0 Å². The Morgan fingerprint density at radius 2 is 1.96 bits per heavy atom. The smallest absolute Gasteiger partial charge is 0.336 e. The zero-order chi connectivity index (χ0) is 17.1. The summed E-state index contributed by atoms with van der Waals surface area (Å²) in [5.74, 6) is 0.123. The summed E-state index contributed by atoms with van der Waals surface area (Å²) in [6.07, 6.45) is -0.739. The standard InChI is InChI=1S/C18H14ClNO4/c1-11(18(22)20-14-4-2-3-13(19)9-14)23-15-7-5-12-6-8-17(21)24-16(12)10-15/h2-11H,1H3,(H,20,22)/t11-/m1/s1. The summed E-state index contributed by atoms with van der Waals surface area (Å²) in [6.45, 7) is 1.63. The van der Waals surface area contributed by atoms with Crippen molar-refractivity contribution in [1.82, 2.24) is 0 Å². The number of amides is 1. The van der Waals surface area contributed by atoms with Crippen LogP contribution in [-0.4, -0.2) is 12.0 Å². The lowest BCUT2D eigenvalue weighted by Gasteiger charge is -2.15. The van der Waals surface area contributed by atoms with Gasteiger partial charge in [-0.15, -0.1) is 0 Å². The largest absolute Gasteiger partial charge is 0.481 e. The van der Waals surface area contributed by atoms with Gasteiger partial charge in [0.1, 0.15) is 11.3 Å². The monoisotopic (exact) mass is 343 g/mol. The first kappa shape index (κ1) is 16.1. The van der Waals surface area contributed by atoms with E-state index < -0.39 is 11.7 Å². The third kappa shape index (κ3) is 3.75. The molecule has 0 aliphatic heterocycles. The first-order chi connectivity index (χ1) is 11.5. The lowest BCUT2D eigenvalue weighted by atomic mass is 10.2. The van der Waals surface area contributed by atoms with Crippen LogP contribution in [0.1, 0.15) is 6.92 Å². The normalized spacial score (nSPS) is 11.9. The summed E-state index contributed by atoms with van der Waals surface area (Å²) in [6, 6.07) is 14.9. The van der Waals surface area contributed by atoms with Gasteiger partial charge in [0.25, 0.3) is 5.91 Å². The predicted octanol–water partition coefficient (Wildman–Crippen LogP) is 3.85. The summed E-state index contributed by atoms with van der Waals surface area (Å²) < 4.78 is 10.7. The van der Waals surface area contributed by atoms with Gasteiger partial charge in [0.2, 0.25) is 0 Å². The minimum Gasteiger partial charge on any atom is -0.481 e. The molecule has 3 aromatic rings. The lowest BCUT2D eigenvalue weighted by molar-refractivity contribution is -0.122. The van der Waals surface area contributed by atoms with Crippen molar-refractivity contribution in [2.24, 2.45) is 0 Å². The number of benzene rings is 2. The molecule has 1 aromatic heterocycles. The average Bonchev–Trinajstić information content (AvgIpc) is 2.54. The van der Waals surface area contributed by atoms with Gasteiger partial charge >= 0.3 is 5.63 Å². The average molecular weight is 344 g/mol. The molecular weight excluding hydrogens is 330 g/mol. The molecule has 0 spiro atoms. The molecule has 0 saturated carbocycles. The second kappa shape index (κ2) is 6.76. The predicted molar refractivity (Wildman–Crippen MR) is 92.7 cm³/mol. The molecule has 24 heavy (non-hydrogen) atoms. The maximum atomic E-state index is 12.2. The van der Waals surface area contributed by atoms with Crippen LogP contribution in [0, 0.1) is 0 Å². The molecular formula is C18H14ClNO4. The Hall–Kier alpha value is -2.79. The number of rotatable bonds is 4. The van der Waals surface area contributed by atoms with Crippen LogP contribution in [0.2, 0.25) is 5.02 Å². The van der Waals surface area contributed by atoms with Crippen LogP contribution in [0.4, 0.5) is 5.69 Å². The first-order valence-corrected chi connectivity index (χ1v) is 7.66. The molecule has 0 saturated heterocycles. The van der Waals surface area contributed by atoms with E-state index >= 15 is 0 Å². The Morgan fingerprint density at radius 3 is 2.75 bits per heavy atom. The Labute approximate surface area is 142 Å². The molecule has 1 amide bonds. The topological polar surface area (TPSA) is 68.5 Å². The van der Waals surface area contributed by atoms with Crippen molar-refractivity contribution < 1.29 is 13.9 Å². The van der Waals surface area contributed by atoms with Crippen LogP contribution < -0.4 is 15.7 Å². The molecule has 3 rings (SSSR count). The van der Waals surface area contributed by atoms with E-state index in [1.807, 2.05) is 0 Å². The molecule has 0 fully saturated rings. The summed E-state index contributed by atoms with van der Waals surface area (Å²) >= 11 is 5.89. The Bertz CT molecular complexity index is 951. The summed E-state index contributed by atoms with van der Waals surface area (Å²) in [5, 5.41) is 4.04. The minimum absolute atomic E-state index is 0.313. The van der Waals surface area contributed by atoms with E-state index in [1.165, 1.54) is 6.07 Å². The highest BCUT2D eigenvalue weighted by atomic mass is 35.5. The fraction of sp³-hybridized carbons (Fsp3) is 0.111. The van der Waals surface area contributed by atoms with E-state index in [2.05, 4.69) is 5.32 Å². The van der Waals surface area contributed by atoms with E-state index in [4.69, 9.17) is 20.8 Å². The first-order valence-electron chi connectivity index (χ1n) is 7.28. The molecule has 0 aliphatic rings. The maximum absolute atomic E-state index is 12.2. The van der Waals surface area contributed by atoms with E-state index in [1.54, 1.807) is 55.5 Å². The van der Waals surface area contributed by atoms with Gasteiger partial charge in [-0.25, -0.2) is 4.79 Å². The van der Waals surface area contributed by atoms with Gasteiger partial charge in [-0.3, -0.25) is 4.79 Å². The van der Waals surface area contributed by atoms with Crippen molar-refractivity contribution >= 4 is 34.2 Å². The third-order valence-corrected chi connectivity index (χ3v) is 3.60. The molecule has 122 valence electrons. The van der Waals surface area contributed by atoms with E-state index in [0.717, 1.165) is 5.39 Å². The van der Waals surface area contributed by atoms with E-state index in [0.29, 0.717) is 22.0 Å². The number of ether oxygens (including phenoxy) is 1. The third-order valence-electron chi connectivity index (χ3n) is 3.37. The second-order valence-corrected chi connectivity index (χ2v) is 5.65. The van der Waals surface area contributed by atoms with Crippen LogP contribution in [0.5, 0.6) is 5.75 Å². The van der Waals surface area contributed by atoms with Crippen LogP contribution in [0.3, 0.4) is 0 Å². The molecule has 5 nitrogen and oxygen atoms in total. The molecule has 6 heteroatoms. The van der Waals surface area contributed by atoms with Crippen LogP contribution in [0.25, 0.3) is 11.0 Å². The zero-order valence-electron chi connectivity index (χ0n) is 12.8. The summed E-state index contributed by atoms with van der Waals surface area (Å²) in [4.78, 5) is 23.5. The van der Waals surface area contributed by atoms with Crippen LogP contribution in [-0.2, 0) is 4.79 Å². The SMILES string of the molecule is C[C@@H](Oc1ccc2ccc(=O)oc2c1)C(=O)Nc1cccc(Cl)c1. The molecule has 0 bridgehead atoms. The highest BCUT2D eigenvalue weighted by molar-refractivity contribution is 6.30. The van der Waals surface area contributed by atoms with Gasteiger partial charge in [-0.1, -0.05) is 17.7 Å². The number of carbonyl (C=O) groups is 1. The van der Waals surface area contributed by atoms with Gasteiger partial charge in [0, 0.05) is 28.2 Å². The Kier molecular flexibility index (Phi) is 4.53. The number of halogens is 1.